The number of thioether (sulfide) groups is 1. The fourth-order valence-electron chi connectivity index (χ4n) is 3.03. The third kappa shape index (κ3) is 9.81. The number of hydrogen-bond donors (Lipinski definition) is 0. The van der Waals surface area contributed by atoms with Gasteiger partial charge in [-0.1, -0.05) is 76.2 Å². The average molecular weight is 389 g/mol. The average Bonchev–Trinajstić information content (AvgIpc) is 3.19. The summed E-state index contributed by atoms with van der Waals surface area (Å²) in [6, 6.07) is 6.67. The van der Waals surface area contributed by atoms with Gasteiger partial charge in [0.1, 0.15) is 5.82 Å². The quantitative estimate of drug-likeness (QED) is 0.325. The lowest BCUT2D eigenvalue weighted by Crippen LogP contribution is -2.10. The Bertz CT molecular complexity index is 622. The Morgan fingerprint density at radius 2 is 1.74 bits per heavy atom. The fraction of sp³-hybridized carbons (Fsp3) is 0.522. The van der Waals surface area contributed by atoms with Gasteiger partial charge in [0, 0.05) is 24.2 Å². The van der Waals surface area contributed by atoms with Crippen molar-refractivity contribution in [2.24, 2.45) is 0 Å². The first-order valence-electron chi connectivity index (χ1n) is 10.3. The van der Waals surface area contributed by atoms with Crippen LogP contribution in [0.5, 0.6) is 0 Å². The molecule has 2 nitrogen and oxygen atoms in total. The summed E-state index contributed by atoms with van der Waals surface area (Å²) in [5.41, 5.74) is 1.04. The van der Waals surface area contributed by atoms with Crippen LogP contribution in [0.3, 0.4) is 0 Å². The van der Waals surface area contributed by atoms with Crippen LogP contribution in [0.4, 0.5) is 4.39 Å². The monoisotopic (exact) mass is 388 g/mol. The van der Waals surface area contributed by atoms with Gasteiger partial charge in [-0.05, 0) is 29.9 Å². The topological polar surface area (TPSA) is 17.8 Å². The summed E-state index contributed by atoms with van der Waals surface area (Å²) in [7, 11) is 0. The molecule has 0 aliphatic heterocycles. The van der Waals surface area contributed by atoms with E-state index >= 15 is 0 Å². The Labute approximate surface area is 168 Å². The molecule has 148 valence electrons. The number of aromatic nitrogens is 2. The SMILES string of the molecule is CCCCCCCCCCSC(C=Cc1ccc(F)cc1)Cn1ccnc1. The van der Waals surface area contributed by atoms with E-state index < -0.39 is 0 Å². The third-order valence-corrected chi connectivity index (χ3v) is 5.91. The maximum atomic E-state index is 13.1. The Balaban J connectivity index is 1.72. The largest absolute Gasteiger partial charge is 0.336 e. The van der Waals surface area contributed by atoms with Gasteiger partial charge in [0.05, 0.1) is 6.33 Å². The number of imidazole rings is 1. The molecule has 2 rings (SSSR count). The van der Waals surface area contributed by atoms with Crippen LogP contribution in [0, 0.1) is 5.82 Å². The molecule has 0 N–H and O–H groups in total. The molecular weight excluding hydrogens is 355 g/mol. The first-order valence-corrected chi connectivity index (χ1v) is 11.3. The predicted molar refractivity (Wildman–Crippen MR) is 117 cm³/mol. The van der Waals surface area contributed by atoms with Crippen molar-refractivity contribution in [1.29, 1.82) is 0 Å². The highest BCUT2D eigenvalue weighted by molar-refractivity contribution is 8.00. The van der Waals surface area contributed by atoms with Gasteiger partial charge >= 0.3 is 0 Å². The molecule has 0 aliphatic carbocycles. The summed E-state index contributed by atoms with van der Waals surface area (Å²) in [5.74, 6) is 0.994. The number of halogens is 1. The van der Waals surface area contributed by atoms with Crippen molar-refractivity contribution < 1.29 is 4.39 Å². The highest BCUT2D eigenvalue weighted by atomic mass is 32.2. The molecule has 0 amide bonds. The highest BCUT2D eigenvalue weighted by Gasteiger charge is 2.06. The van der Waals surface area contributed by atoms with Gasteiger partial charge in [0.15, 0.2) is 0 Å². The van der Waals surface area contributed by atoms with E-state index in [4.69, 9.17) is 0 Å². The Kier molecular flexibility index (Phi) is 10.9. The highest BCUT2D eigenvalue weighted by Crippen LogP contribution is 2.19. The minimum absolute atomic E-state index is 0.189. The Morgan fingerprint density at radius 3 is 2.41 bits per heavy atom. The van der Waals surface area contributed by atoms with E-state index in [0.717, 1.165) is 12.1 Å². The van der Waals surface area contributed by atoms with Crippen LogP contribution in [0.2, 0.25) is 0 Å². The number of unbranched alkanes of at least 4 members (excludes halogenated alkanes) is 7. The zero-order valence-corrected chi connectivity index (χ0v) is 17.3. The van der Waals surface area contributed by atoms with Crippen LogP contribution in [0.15, 0.2) is 49.1 Å². The van der Waals surface area contributed by atoms with Gasteiger partial charge in [-0.25, -0.2) is 9.37 Å². The van der Waals surface area contributed by atoms with E-state index in [0.29, 0.717) is 5.25 Å². The number of benzene rings is 1. The number of nitrogens with zero attached hydrogens (tertiary/aromatic N) is 2. The molecule has 0 bridgehead atoms. The van der Waals surface area contributed by atoms with Crippen LogP contribution in [0.1, 0.15) is 63.9 Å². The van der Waals surface area contributed by atoms with Crippen molar-refractivity contribution in [3.05, 3.63) is 60.4 Å². The second-order valence-electron chi connectivity index (χ2n) is 7.05. The zero-order chi connectivity index (χ0) is 19.2. The maximum Gasteiger partial charge on any atom is 0.123 e. The molecular formula is C23H33FN2S. The van der Waals surface area contributed by atoms with E-state index in [9.17, 15) is 4.39 Å². The fourth-order valence-corrected chi connectivity index (χ4v) is 4.18. The van der Waals surface area contributed by atoms with Gasteiger partial charge in [-0.15, -0.1) is 0 Å². The van der Waals surface area contributed by atoms with Crippen LogP contribution >= 0.6 is 11.8 Å². The Hall–Kier alpha value is -1.55. The molecule has 0 saturated carbocycles. The van der Waals surface area contributed by atoms with Gasteiger partial charge in [-0.2, -0.15) is 11.8 Å². The summed E-state index contributed by atoms with van der Waals surface area (Å²) in [5, 5.41) is 0.397. The Morgan fingerprint density at radius 1 is 1.04 bits per heavy atom. The summed E-state index contributed by atoms with van der Waals surface area (Å²) in [6.07, 6.45) is 20.9. The molecule has 0 saturated heterocycles. The maximum absolute atomic E-state index is 13.1. The lowest BCUT2D eigenvalue weighted by molar-refractivity contribution is 0.586. The van der Waals surface area contributed by atoms with Gasteiger partial charge in [-0.3, -0.25) is 0 Å². The first-order chi connectivity index (χ1) is 13.3. The van der Waals surface area contributed by atoms with E-state index in [1.54, 1.807) is 0 Å². The molecule has 1 heterocycles. The molecule has 0 fully saturated rings. The second-order valence-corrected chi connectivity index (χ2v) is 8.40. The van der Waals surface area contributed by atoms with E-state index in [-0.39, 0.29) is 5.82 Å². The van der Waals surface area contributed by atoms with Crippen molar-refractivity contribution >= 4 is 17.8 Å². The molecule has 27 heavy (non-hydrogen) atoms. The van der Waals surface area contributed by atoms with E-state index in [1.165, 1.54) is 69.3 Å². The minimum Gasteiger partial charge on any atom is -0.336 e. The molecule has 0 spiro atoms. The summed E-state index contributed by atoms with van der Waals surface area (Å²) in [4.78, 5) is 4.14. The number of rotatable bonds is 14. The van der Waals surface area contributed by atoms with Crippen LogP contribution in [0.25, 0.3) is 6.08 Å². The van der Waals surface area contributed by atoms with Crippen LogP contribution < -0.4 is 0 Å². The van der Waals surface area contributed by atoms with Crippen LogP contribution in [-0.4, -0.2) is 20.6 Å². The lowest BCUT2D eigenvalue weighted by Gasteiger charge is -2.13. The first kappa shape index (κ1) is 21.7. The predicted octanol–water partition coefficient (Wildman–Crippen LogP) is 6.98. The lowest BCUT2D eigenvalue weighted by atomic mass is 10.1. The molecule has 1 aromatic heterocycles. The van der Waals surface area contributed by atoms with E-state index in [1.807, 2.05) is 42.6 Å². The van der Waals surface area contributed by atoms with Gasteiger partial charge < -0.3 is 4.57 Å². The van der Waals surface area contributed by atoms with Crippen LogP contribution in [-0.2, 0) is 6.54 Å². The molecule has 2 aromatic rings. The zero-order valence-electron chi connectivity index (χ0n) is 16.5. The molecule has 4 heteroatoms. The molecule has 0 radical (unpaired) electrons. The van der Waals surface area contributed by atoms with Gasteiger partial charge in [0.25, 0.3) is 0 Å². The normalized spacial score (nSPS) is 12.7. The van der Waals surface area contributed by atoms with Crippen molar-refractivity contribution in [2.75, 3.05) is 5.75 Å². The summed E-state index contributed by atoms with van der Waals surface area (Å²) in [6.45, 7) is 3.18. The molecule has 1 aromatic carbocycles. The third-order valence-electron chi connectivity index (χ3n) is 4.65. The summed E-state index contributed by atoms with van der Waals surface area (Å²) >= 11 is 2.00. The smallest absolute Gasteiger partial charge is 0.123 e. The number of hydrogen-bond acceptors (Lipinski definition) is 2. The van der Waals surface area contributed by atoms with Gasteiger partial charge in [0.2, 0.25) is 0 Å². The molecule has 0 aliphatic rings. The van der Waals surface area contributed by atoms with Crippen molar-refractivity contribution in [3.8, 4) is 0 Å². The second kappa shape index (κ2) is 13.6. The summed E-state index contributed by atoms with van der Waals surface area (Å²) < 4.78 is 15.2. The molecule has 1 unspecified atom stereocenters. The van der Waals surface area contributed by atoms with Crippen molar-refractivity contribution in [1.82, 2.24) is 9.55 Å². The minimum atomic E-state index is -0.189. The van der Waals surface area contributed by atoms with Crippen molar-refractivity contribution in [2.45, 2.75) is 70.1 Å². The standard InChI is InChI=1S/C23H33FN2S/c1-2-3-4-5-6-7-8-9-18-27-23(19-26-17-16-25-20-26)15-12-21-10-13-22(24)14-11-21/h10-17,20,23H,2-9,18-19H2,1H3. The molecule has 1 atom stereocenters. The van der Waals surface area contributed by atoms with E-state index in [2.05, 4.69) is 28.6 Å². The van der Waals surface area contributed by atoms with Crippen molar-refractivity contribution in [3.63, 3.8) is 0 Å².